The van der Waals surface area contributed by atoms with Gasteiger partial charge in [0.15, 0.2) is 0 Å². The van der Waals surface area contributed by atoms with E-state index in [9.17, 15) is 18.0 Å². The molecule has 0 aromatic heterocycles. The van der Waals surface area contributed by atoms with Gasteiger partial charge in [-0.15, -0.1) is 0 Å². The number of ether oxygens (including phenoxy) is 1. The van der Waals surface area contributed by atoms with Crippen LogP contribution >= 0.6 is 11.6 Å². The highest BCUT2D eigenvalue weighted by Crippen LogP contribution is 2.28. The van der Waals surface area contributed by atoms with Gasteiger partial charge >= 0.3 is 6.09 Å². The van der Waals surface area contributed by atoms with Gasteiger partial charge in [0.2, 0.25) is 0 Å². The number of hydrogen-bond donors (Lipinski definition) is 1. The summed E-state index contributed by atoms with van der Waals surface area (Å²) >= 11 is 6.47. The summed E-state index contributed by atoms with van der Waals surface area (Å²) in [6, 6.07) is 12.4. The second-order valence-electron chi connectivity index (χ2n) is 9.90. The SMILES string of the molecule is CC(C)(C)OC(=O)N(CCOS(C)(=O)=O)Cc1ccccc1NC(=O)c1ccc(N2CCCC2)cc1Cl. The lowest BCUT2D eigenvalue weighted by Crippen LogP contribution is -2.38. The average Bonchev–Trinajstić information content (AvgIpc) is 3.32. The van der Waals surface area contributed by atoms with Gasteiger partial charge in [0.25, 0.3) is 16.0 Å². The fraction of sp³-hybridized carbons (Fsp3) is 0.462. The average molecular weight is 552 g/mol. The van der Waals surface area contributed by atoms with Crippen molar-refractivity contribution in [3.63, 3.8) is 0 Å². The minimum absolute atomic E-state index is 0.0337. The van der Waals surface area contributed by atoms with Crippen molar-refractivity contribution in [2.75, 3.05) is 42.7 Å². The summed E-state index contributed by atoms with van der Waals surface area (Å²) in [5.74, 6) is -0.380. The molecule has 0 radical (unpaired) electrons. The molecule has 9 nitrogen and oxygen atoms in total. The molecule has 11 heteroatoms. The summed E-state index contributed by atoms with van der Waals surface area (Å²) < 4.78 is 33.1. The molecular weight excluding hydrogens is 518 g/mol. The second kappa shape index (κ2) is 12.1. The number of hydrogen-bond acceptors (Lipinski definition) is 7. The van der Waals surface area contributed by atoms with E-state index in [0.29, 0.717) is 21.8 Å². The third-order valence-electron chi connectivity index (χ3n) is 5.61. The van der Waals surface area contributed by atoms with Gasteiger partial charge in [0.05, 0.1) is 30.0 Å². The van der Waals surface area contributed by atoms with E-state index in [4.69, 9.17) is 20.5 Å². The van der Waals surface area contributed by atoms with Crippen LogP contribution in [0.1, 0.15) is 49.5 Å². The zero-order valence-electron chi connectivity index (χ0n) is 21.6. The van der Waals surface area contributed by atoms with Crippen LogP contribution in [0.25, 0.3) is 0 Å². The molecule has 202 valence electrons. The fourth-order valence-corrected chi connectivity index (χ4v) is 4.53. The summed E-state index contributed by atoms with van der Waals surface area (Å²) in [6.45, 7) is 6.95. The van der Waals surface area contributed by atoms with Crippen molar-refractivity contribution in [2.45, 2.75) is 45.8 Å². The monoisotopic (exact) mass is 551 g/mol. The zero-order valence-corrected chi connectivity index (χ0v) is 23.2. The highest BCUT2D eigenvalue weighted by atomic mass is 35.5. The van der Waals surface area contributed by atoms with E-state index in [1.54, 1.807) is 57.2 Å². The maximum atomic E-state index is 13.1. The molecular formula is C26H34ClN3O6S. The van der Waals surface area contributed by atoms with Gasteiger partial charge in [-0.25, -0.2) is 4.79 Å². The molecule has 0 bridgehead atoms. The number of carbonyl (C=O) groups is 2. The summed E-state index contributed by atoms with van der Waals surface area (Å²) in [7, 11) is -3.67. The number of anilines is 2. The lowest BCUT2D eigenvalue weighted by Gasteiger charge is -2.28. The Labute approximate surface area is 223 Å². The minimum atomic E-state index is -3.67. The van der Waals surface area contributed by atoms with E-state index >= 15 is 0 Å². The van der Waals surface area contributed by atoms with Gasteiger partial charge in [-0.05, 0) is 63.4 Å². The molecule has 37 heavy (non-hydrogen) atoms. The van der Waals surface area contributed by atoms with Gasteiger partial charge < -0.3 is 19.9 Å². The van der Waals surface area contributed by atoms with Crippen LogP contribution in [0.2, 0.25) is 5.02 Å². The van der Waals surface area contributed by atoms with Crippen LogP contribution in [0.4, 0.5) is 16.2 Å². The summed E-state index contributed by atoms with van der Waals surface area (Å²) in [6.07, 6.45) is 2.58. The van der Waals surface area contributed by atoms with E-state index in [0.717, 1.165) is 37.9 Å². The molecule has 1 aliphatic heterocycles. The zero-order chi connectivity index (χ0) is 27.2. The highest BCUT2D eigenvalue weighted by molar-refractivity contribution is 7.85. The van der Waals surface area contributed by atoms with E-state index in [2.05, 4.69) is 10.2 Å². The van der Waals surface area contributed by atoms with Crippen molar-refractivity contribution in [1.82, 2.24) is 4.90 Å². The number of nitrogens with zero attached hydrogens (tertiary/aromatic N) is 2. The van der Waals surface area contributed by atoms with Gasteiger partial charge in [-0.1, -0.05) is 29.8 Å². The lowest BCUT2D eigenvalue weighted by molar-refractivity contribution is 0.0210. The Balaban J connectivity index is 1.77. The lowest BCUT2D eigenvalue weighted by atomic mass is 10.1. The molecule has 3 rings (SSSR count). The molecule has 1 N–H and O–H groups in total. The molecule has 2 aromatic rings. The first kappa shape index (κ1) is 28.7. The first-order valence-corrected chi connectivity index (χ1v) is 14.3. The summed E-state index contributed by atoms with van der Waals surface area (Å²) in [5, 5.41) is 3.24. The smallest absolute Gasteiger partial charge is 0.410 e. The van der Waals surface area contributed by atoms with Crippen molar-refractivity contribution in [3.8, 4) is 0 Å². The maximum Gasteiger partial charge on any atom is 0.410 e. The van der Waals surface area contributed by atoms with Crippen LogP contribution in [0.5, 0.6) is 0 Å². The number of benzene rings is 2. The number of amides is 2. The largest absolute Gasteiger partial charge is 0.444 e. The Morgan fingerprint density at radius 1 is 1.11 bits per heavy atom. The molecule has 1 aliphatic rings. The summed E-state index contributed by atoms with van der Waals surface area (Å²) in [4.78, 5) is 29.5. The number of rotatable bonds is 9. The second-order valence-corrected chi connectivity index (χ2v) is 11.9. The predicted molar refractivity (Wildman–Crippen MR) is 145 cm³/mol. The molecule has 0 unspecified atom stereocenters. The van der Waals surface area contributed by atoms with Crippen LogP contribution in [0.15, 0.2) is 42.5 Å². The van der Waals surface area contributed by atoms with Crippen molar-refractivity contribution in [1.29, 1.82) is 0 Å². The predicted octanol–water partition coefficient (Wildman–Crippen LogP) is 4.91. The van der Waals surface area contributed by atoms with E-state index in [1.165, 1.54) is 4.90 Å². The van der Waals surface area contributed by atoms with Crippen LogP contribution in [0, 0.1) is 0 Å². The highest BCUT2D eigenvalue weighted by Gasteiger charge is 2.24. The van der Waals surface area contributed by atoms with E-state index < -0.39 is 21.8 Å². The maximum absolute atomic E-state index is 13.1. The van der Waals surface area contributed by atoms with Gasteiger partial charge in [0.1, 0.15) is 5.60 Å². The molecule has 2 aromatic carbocycles. The van der Waals surface area contributed by atoms with Crippen molar-refractivity contribution < 1.29 is 26.9 Å². The first-order valence-electron chi connectivity index (χ1n) is 12.1. The fourth-order valence-electron chi connectivity index (χ4n) is 3.90. The first-order chi connectivity index (χ1) is 17.3. The van der Waals surface area contributed by atoms with Crippen LogP contribution in [-0.2, 0) is 25.6 Å². The molecule has 0 aliphatic carbocycles. The molecule has 2 amide bonds. The third kappa shape index (κ3) is 8.91. The third-order valence-corrected chi connectivity index (χ3v) is 6.51. The number of para-hydroxylation sites is 1. The Kier molecular flexibility index (Phi) is 9.44. The van der Waals surface area contributed by atoms with Crippen LogP contribution < -0.4 is 10.2 Å². The number of halogens is 1. The molecule has 0 saturated carbocycles. The Hall–Kier alpha value is -2.82. The van der Waals surface area contributed by atoms with E-state index in [1.807, 2.05) is 6.07 Å². The molecule has 1 fully saturated rings. The topological polar surface area (TPSA) is 105 Å². The molecule has 1 saturated heterocycles. The normalized spacial score (nSPS) is 13.9. The Morgan fingerprint density at radius 3 is 2.41 bits per heavy atom. The van der Waals surface area contributed by atoms with Gasteiger partial charge in [0, 0.05) is 31.0 Å². The quantitative estimate of drug-likeness (QED) is 0.442. The number of nitrogens with one attached hydrogen (secondary N) is 1. The number of carbonyl (C=O) groups excluding carboxylic acids is 2. The standard InChI is InChI=1S/C26H34ClN3O6S/c1-26(2,3)36-25(32)30(15-16-35-37(4,33)34)18-19-9-5-6-10-23(19)28-24(31)21-12-11-20(17-22(21)27)29-13-7-8-14-29/h5-6,9-12,17H,7-8,13-16,18H2,1-4H3,(H,28,31). The minimum Gasteiger partial charge on any atom is -0.444 e. The van der Waals surface area contributed by atoms with Crippen LogP contribution in [0.3, 0.4) is 0 Å². The Bertz CT molecular complexity index is 1220. The molecule has 0 spiro atoms. The van der Waals surface area contributed by atoms with Gasteiger partial charge in [-0.2, -0.15) is 8.42 Å². The van der Waals surface area contributed by atoms with Crippen molar-refractivity contribution in [2.24, 2.45) is 0 Å². The molecule has 1 heterocycles. The van der Waals surface area contributed by atoms with Gasteiger partial charge in [-0.3, -0.25) is 8.98 Å². The molecule has 0 atom stereocenters. The van der Waals surface area contributed by atoms with Crippen LogP contribution in [-0.4, -0.2) is 63.4 Å². The van der Waals surface area contributed by atoms with E-state index in [-0.39, 0.29) is 25.6 Å². The summed E-state index contributed by atoms with van der Waals surface area (Å²) in [5.41, 5.74) is 1.70. The Morgan fingerprint density at radius 2 is 1.78 bits per heavy atom. The van der Waals surface area contributed by atoms with Crippen molar-refractivity contribution >= 4 is 45.1 Å². The van der Waals surface area contributed by atoms with Crippen molar-refractivity contribution in [3.05, 3.63) is 58.6 Å².